The standard InChI is InChI=1S/C18H26N4O2/c1-4-5-6-10-19-18(24)20-15-7-8-16-14(12-15)9-11-22(16)13-17(23)21(2)3/h7-9,11-12H,4-6,10,13H2,1-3H3,(H2,19,20,24). The Bertz CT molecular complexity index is 706. The van der Waals surface area contributed by atoms with Crippen LogP contribution in [-0.4, -0.2) is 42.0 Å². The Balaban J connectivity index is 1.99. The molecule has 1 heterocycles. The van der Waals surface area contributed by atoms with E-state index in [4.69, 9.17) is 0 Å². The van der Waals surface area contributed by atoms with Crippen LogP contribution in [0.15, 0.2) is 30.5 Å². The van der Waals surface area contributed by atoms with Crippen LogP contribution in [0.4, 0.5) is 10.5 Å². The van der Waals surface area contributed by atoms with Gasteiger partial charge in [0.1, 0.15) is 6.54 Å². The van der Waals surface area contributed by atoms with Crippen LogP contribution < -0.4 is 10.6 Å². The molecule has 3 amide bonds. The fraction of sp³-hybridized carbons (Fsp3) is 0.444. The minimum atomic E-state index is -0.187. The van der Waals surface area contributed by atoms with E-state index in [0.29, 0.717) is 13.1 Å². The van der Waals surface area contributed by atoms with Gasteiger partial charge in [-0.25, -0.2) is 4.79 Å². The van der Waals surface area contributed by atoms with E-state index in [0.717, 1.165) is 35.9 Å². The van der Waals surface area contributed by atoms with E-state index in [9.17, 15) is 9.59 Å². The van der Waals surface area contributed by atoms with Crippen molar-refractivity contribution in [2.24, 2.45) is 0 Å². The summed E-state index contributed by atoms with van der Waals surface area (Å²) in [6, 6.07) is 7.45. The number of amides is 3. The van der Waals surface area contributed by atoms with Gasteiger partial charge in [-0.1, -0.05) is 19.8 Å². The molecule has 0 atom stereocenters. The van der Waals surface area contributed by atoms with Crippen molar-refractivity contribution < 1.29 is 9.59 Å². The number of anilines is 1. The number of benzene rings is 1. The number of carbonyl (C=O) groups excluding carboxylic acids is 2. The molecule has 1 aromatic heterocycles. The number of fused-ring (bicyclic) bond motifs is 1. The van der Waals surface area contributed by atoms with Crippen LogP contribution in [0, 0.1) is 0 Å². The van der Waals surface area contributed by atoms with Gasteiger partial charge in [-0.05, 0) is 30.7 Å². The Morgan fingerprint density at radius 2 is 1.96 bits per heavy atom. The fourth-order valence-electron chi connectivity index (χ4n) is 2.46. The quantitative estimate of drug-likeness (QED) is 0.766. The maximum Gasteiger partial charge on any atom is 0.319 e. The van der Waals surface area contributed by atoms with Crippen molar-refractivity contribution in [2.45, 2.75) is 32.7 Å². The first-order valence-corrected chi connectivity index (χ1v) is 8.35. The first-order chi connectivity index (χ1) is 11.5. The number of nitrogens with one attached hydrogen (secondary N) is 2. The summed E-state index contributed by atoms with van der Waals surface area (Å²) in [6.45, 7) is 3.12. The number of hydrogen-bond acceptors (Lipinski definition) is 2. The van der Waals surface area contributed by atoms with E-state index in [2.05, 4.69) is 17.6 Å². The van der Waals surface area contributed by atoms with Gasteiger partial charge in [-0.3, -0.25) is 4.79 Å². The molecule has 0 spiro atoms. The summed E-state index contributed by atoms with van der Waals surface area (Å²) >= 11 is 0. The predicted molar refractivity (Wildman–Crippen MR) is 97.2 cm³/mol. The smallest absolute Gasteiger partial charge is 0.319 e. The topological polar surface area (TPSA) is 66.4 Å². The van der Waals surface area contributed by atoms with Gasteiger partial charge < -0.3 is 20.1 Å². The van der Waals surface area contributed by atoms with E-state index in [1.165, 1.54) is 0 Å². The van der Waals surface area contributed by atoms with Crippen molar-refractivity contribution in [1.82, 2.24) is 14.8 Å². The van der Waals surface area contributed by atoms with Crippen LogP contribution >= 0.6 is 0 Å². The number of urea groups is 1. The Hall–Kier alpha value is -2.50. The summed E-state index contributed by atoms with van der Waals surface area (Å²) in [5.41, 5.74) is 1.71. The molecule has 1 aromatic carbocycles. The van der Waals surface area contributed by atoms with Gasteiger partial charge in [0.2, 0.25) is 5.91 Å². The number of aromatic nitrogens is 1. The lowest BCUT2D eigenvalue weighted by Crippen LogP contribution is -2.29. The Morgan fingerprint density at radius 3 is 2.67 bits per heavy atom. The van der Waals surface area contributed by atoms with E-state index >= 15 is 0 Å². The highest BCUT2D eigenvalue weighted by Crippen LogP contribution is 2.20. The lowest BCUT2D eigenvalue weighted by molar-refractivity contribution is -0.129. The monoisotopic (exact) mass is 330 g/mol. The van der Waals surface area contributed by atoms with Crippen LogP contribution in [0.3, 0.4) is 0 Å². The summed E-state index contributed by atoms with van der Waals surface area (Å²) in [5.74, 6) is 0.0427. The van der Waals surface area contributed by atoms with Crippen molar-refractivity contribution in [1.29, 1.82) is 0 Å². The van der Waals surface area contributed by atoms with Crippen LogP contribution in [-0.2, 0) is 11.3 Å². The number of hydrogen-bond donors (Lipinski definition) is 2. The van der Waals surface area contributed by atoms with Crippen LogP contribution in [0.2, 0.25) is 0 Å². The van der Waals surface area contributed by atoms with Crippen LogP contribution in [0.1, 0.15) is 26.2 Å². The number of unbranched alkanes of at least 4 members (excludes halogenated alkanes) is 2. The second-order valence-electron chi connectivity index (χ2n) is 6.09. The zero-order valence-corrected chi connectivity index (χ0v) is 14.6. The van der Waals surface area contributed by atoms with Crippen LogP contribution in [0.25, 0.3) is 10.9 Å². The van der Waals surface area contributed by atoms with Crippen molar-refractivity contribution in [2.75, 3.05) is 26.0 Å². The molecular formula is C18H26N4O2. The molecule has 24 heavy (non-hydrogen) atoms. The van der Waals surface area contributed by atoms with Crippen molar-refractivity contribution in [3.8, 4) is 0 Å². The maximum absolute atomic E-state index is 11.9. The molecule has 6 heteroatoms. The Morgan fingerprint density at radius 1 is 1.17 bits per heavy atom. The number of likely N-dealkylation sites (N-methyl/N-ethyl adjacent to an activating group) is 1. The van der Waals surface area contributed by atoms with E-state index in [1.807, 2.05) is 35.0 Å². The minimum Gasteiger partial charge on any atom is -0.347 e. The number of carbonyl (C=O) groups is 2. The highest BCUT2D eigenvalue weighted by Gasteiger charge is 2.09. The molecule has 2 N–H and O–H groups in total. The third-order valence-electron chi connectivity index (χ3n) is 3.90. The molecule has 6 nitrogen and oxygen atoms in total. The first-order valence-electron chi connectivity index (χ1n) is 8.35. The molecular weight excluding hydrogens is 304 g/mol. The molecule has 2 aromatic rings. The third-order valence-corrected chi connectivity index (χ3v) is 3.90. The highest BCUT2D eigenvalue weighted by atomic mass is 16.2. The molecule has 2 rings (SSSR count). The zero-order chi connectivity index (χ0) is 17.5. The van der Waals surface area contributed by atoms with E-state index in [-0.39, 0.29) is 11.9 Å². The summed E-state index contributed by atoms with van der Waals surface area (Å²) in [7, 11) is 3.49. The van der Waals surface area contributed by atoms with Crippen LogP contribution in [0.5, 0.6) is 0 Å². The average Bonchev–Trinajstić information content (AvgIpc) is 2.93. The molecule has 130 valence electrons. The number of rotatable bonds is 7. The predicted octanol–water partition coefficient (Wildman–Crippen LogP) is 3.04. The zero-order valence-electron chi connectivity index (χ0n) is 14.6. The molecule has 0 saturated heterocycles. The summed E-state index contributed by atoms with van der Waals surface area (Å²) in [4.78, 5) is 25.3. The van der Waals surface area contributed by atoms with Gasteiger partial charge in [-0.2, -0.15) is 0 Å². The first kappa shape index (κ1) is 17.8. The Labute approximate surface area is 142 Å². The molecule has 0 bridgehead atoms. The molecule has 0 aliphatic heterocycles. The summed E-state index contributed by atoms with van der Waals surface area (Å²) in [6.07, 6.45) is 5.13. The minimum absolute atomic E-state index is 0.0427. The highest BCUT2D eigenvalue weighted by molar-refractivity contribution is 5.93. The third kappa shape index (κ3) is 4.75. The second kappa shape index (κ2) is 8.38. The SMILES string of the molecule is CCCCCNC(=O)Nc1ccc2c(ccn2CC(=O)N(C)C)c1. The summed E-state index contributed by atoms with van der Waals surface area (Å²) in [5, 5.41) is 6.69. The summed E-state index contributed by atoms with van der Waals surface area (Å²) < 4.78 is 1.91. The van der Waals surface area contributed by atoms with E-state index < -0.39 is 0 Å². The second-order valence-corrected chi connectivity index (χ2v) is 6.09. The Kier molecular flexibility index (Phi) is 6.23. The molecule has 0 unspecified atom stereocenters. The van der Waals surface area contributed by atoms with Crippen molar-refractivity contribution >= 4 is 28.5 Å². The fourth-order valence-corrected chi connectivity index (χ4v) is 2.46. The number of nitrogens with zero attached hydrogens (tertiary/aromatic N) is 2. The normalized spacial score (nSPS) is 10.6. The average molecular weight is 330 g/mol. The molecule has 0 saturated carbocycles. The maximum atomic E-state index is 11.9. The van der Waals surface area contributed by atoms with Crippen molar-refractivity contribution in [3.05, 3.63) is 30.5 Å². The molecule has 0 aliphatic carbocycles. The van der Waals surface area contributed by atoms with Gasteiger partial charge in [0.15, 0.2) is 0 Å². The lowest BCUT2D eigenvalue weighted by Gasteiger charge is -2.12. The molecule has 0 aliphatic rings. The van der Waals surface area contributed by atoms with E-state index in [1.54, 1.807) is 19.0 Å². The van der Waals surface area contributed by atoms with Gasteiger partial charge in [0.25, 0.3) is 0 Å². The lowest BCUT2D eigenvalue weighted by atomic mass is 10.2. The van der Waals surface area contributed by atoms with Gasteiger partial charge in [-0.15, -0.1) is 0 Å². The molecule has 0 radical (unpaired) electrons. The molecule has 0 fully saturated rings. The van der Waals surface area contributed by atoms with Gasteiger partial charge >= 0.3 is 6.03 Å². The van der Waals surface area contributed by atoms with Gasteiger partial charge in [0, 0.05) is 43.4 Å². The van der Waals surface area contributed by atoms with Crippen molar-refractivity contribution in [3.63, 3.8) is 0 Å². The largest absolute Gasteiger partial charge is 0.347 e. The van der Waals surface area contributed by atoms with Gasteiger partial charge in [0.05, 0.1) is 0 Å².